The molecule has 22 heavy (non-hydrogen) atoms. The number of benzene rings is 1. The van der Waals surface area contributed by atoms with Crippen molar-refractivity contribution in [3.63, 3.8) is 0 Å². The Bertz CT molecular complexity index is 679. The summed E-state index contributed by atoms with van der Waals surface area (Å²) in [6.07, 6.45) is 1.69. The highest BCUT2D eigenvalue weighted by Crippen LogP contribution is 2.38. The van der Waals surface area contributed by atoms with Gasteiger partial charge in [0.05, 0.1) is 6.04 Å². The lowest BCUT2D eigenvalue weighted by Gasteiger charge is -2.31. The third-order valence-electron chi connectivity index (χ3n) is 4.42. The predicted octanol–water partition coefficient (Wildman–Crippen LogP) is 4.00. The first-order chi connectivity index (χ1) is 10.6. The third-order valence-corrected chi connectivity index (χ3v) is 5.49. The second-order valence-electron chi connectivity index (χ2n) is 6.02. The summed E-state index contributed by atoms with van der Waals surface area (Å²) in [6.45, 7) is 5.04. The van der Waals surface area contributed by atoms with Gasteiger partial charge in [0.2, 0.25) is 0 Å². The van der Waals surface area contributed by atoms with Crippen LogP contribution in [-0.4, -0.2) is 28.6 Å². The van der Waals surface area contributed by atoms with Crippen molar-refractivity contribution in [3.8, 4) is 0 Å². The van der Waals surface area contributed by atoms with E-state index in [1.807, 2.05) is 0 Å². The van der Waals surface area contributed by atoms with Crippen molar-refractivity contribution in [1.82, 2.24) is 4.90 Å². The van der Waals surface area contributed by atoms with Crippen LogP contribution in [-0.2, 0) is 4.79 Å². The Balaban J connectivity index is 2.07. The van der Waals surface area contributed by atoms with Crippen LogP contribution in [0.25, 0.3) is 0 Å². The minimum absolute atomic E-state index is 0.0449. The molecule has 2 heterocycles. The van der Waals surface area contributed by atoms with Gasteiger partial charge in [-0.15, -0.1) is 11.3 Å². The fourth-order valence-electron chi connectivity index (χ4n) is 3.36. The van der Waals surface area contributed by atoms with Gasteiger partial charge in [-0.1, -0.05) is 29.8 Å². The van der Waals surface area contributed by atoms with Gasteiger partial charge in [-0.3, -0.25) is 9.69 Å². The van der Waals surface area contributed by atoms with Crippen molar-refractivity contribution in [2.45, 2.75) is 38.8 Å². The maximum absolute atomic E-state index is 11.6. The van der Waals surface area contributed by atoms with Crippen molar-refractivity contribution < 1.29 is 9.90 Å². The van der Waals surface area contributed by atoms with Crippen molar-refractivity contribution in [1.29, 1.82) is 0 Å². The first-order valence-corrected chi connectivity index (χ1v) is 8.55. The molecule has 0 bridgehead atoms. The Kier molecular flexibility index (Phi) is 4.32. The van der Waals surface area contributed by atoms with Gasteiger partial charge in [0.15, 0.2) is 0 Å². The Morgan fingerprint density at radius 1 is 1.36 bits per heavy atom. The van der Waals surface area contributed by atoms with E-state index in [9.17, 15) is 9.90 Å². The second-order valence-corrected chi connectivity index (χ2v) is 6.97. The van der Waals surface area contributed by atoms with Gasteiger partial charge in [0.25, 0.3) is 0 Å². The molecule has 1 saturated heterocycles. The summed E-state index contributed by atoms with van der Waals surface area (Å²) in [7, 11) is 0. The molecule has 1 aromatic carbocycles. The highest BCUT2D eigenvalue weighted by molar-refractivity contribution is 7.10. The summed E-state index contributed by atoms with van der Waals surface area (Å²) in [5.74, 6) is -0.704. The summed E-state index contributed by atoms with van der Waals surface area (Å²) >= 11 is 1.72. The van der Waals surface area contributed by atoms with E-state index >= 15 is 0 Å². The number of likely N-dealkylation sites (tertiary alicyclic amines) is 1. The summed E-state index contributed by atoms with van der Waals surface area (Å²) in [6, 6.07) is 10.2. The molecule has 1 aliphatic heterocycles. The molecule has 2 atom stereocenters. The Labute approximate surface area is 135 Å². The number of carboxylic acid groups (broad SMARTS) is 1. The van der Waals surface area contributed by atoms with Gasteiger partial charge in [-0.25, -0.2) is 0 Å². The van der Waals surface area contributed by atoms with E-state index < -0.39 is 5.97 Å². The summed E-state index contributed by atoms with van der Waals surface area (Å²) < 4.78 is 0. The largest absolute Gasteiger partial charge is 0.480 e. The SMILES string of the molecule is Cc1cccc(C(c2sccc2C)N2CCCC2C(=O)O)c1. The monoisotopic (exact) mass is 315 g/mol. The zero-order valence-corrected chi connectivity index (χ0v) is 13.8. The van der Waals surface area contributed by atoms with Crippen molar-refractivity contribution in [2.24, 2.45) is 0 Å². The average molecular weight is 315 g/mol. The van der Waals surface area contributed by atoms with E-state index in [1.165, 1.54) is 21.6 Å². The van der Waals surface area contributed by atoms with Gasteiger partial charge in [0, 0.05) is 11.4 Å². The van der Waals surface area contributed by atoms with Crippen LogP contribution in [0.3, 0.4) is 0 Å². The number of nitrogens with zero attached hydrogens (tertiary/aromatic N) is 1. The quantitative estimate of drug-likeness (QED) is 0.927. The standard InChI is InChI=1S/C18H21NO2S/c1-12-5-3-6-14(11-12)16(17-13(2)8-10-22-17)19-9-4-7-15(19)18(20)21/h3,5-6,8,10-11,15-16H,4,7,9H2,1-2H3,(H,20,21). The van der Waals surface area contributed by atoms with E-state index in [4.69, 9.17) is 0 Å². The van der Waals surface area contributed by atoms with E-state index in [0.29, 0.717) is 0 Å². The number of hydrogen-bond donors (Lipinski definition) is 1. The molecule has 0 aliphatic carbocycles. The lowest BCUT2D eigenvalue weighted by atomic mass is 9.98. The number of carboxylic acids is 1. The molecule has 116 valence electrons. The molecule has 1 N–H and O–H groups in total. The minimum Gasteiger partial charge on any atom is -0.480 e. The Hall–Kier alpha value is -1.65. The average Bonchev–Trinajstić information content (AvgIpc) is 3.10. The molecular weight excluding hydrogens is 294 g/mol. The molecule has 2 aromatic rings. The Morgan fingerprint density at radius 3 is 2.82 bits per heavy atom. The highest BCUT2D eigenvalue weighted by Gasteiger charge is 2.37. The van der Waals surface area contributed by atoms with Gasteiger partial charge >= 0.3 is 5.97 Å². The molecule has 1 fully saturated rings. The zero-order valence-electron chi connectivity index (χ0n) is 13.0. The molecular formula is C18H21NO2S. The Morgan fingerprint density at radius 2 is 2.18 bits per heavy atom. The molecule has 3 rings (SSSR count). The molecule has 1 aromatic heterocycles. The van der Waals surface area contributed by atoms with E-state index in [0.717, 1.165) is 19.4 Å². The van der Waals surface area contributed by atoms with Crippen LogP contribution in [0.1, 0.15) is 40.5 Å². The zero-order chi connectivity index (χ0) is 15.7. The van der Waals surface area contributed by atoms with E-state index in [2.05, 4.69) is 54.5 Å². The molecule has 0 spiro atoms. The van der Waals surface area contributed by atoms with Crippen LogP contribution in [0.15, 0.2) is 35.7 Å². The van der Waals surface area contributed by atoms with Crippen LogP contribution in [0.5, 0.6) is 0 Å². The van der Waals surface area contributed by atoms with Crippen LogP contribution in [0.2, 0.25) is 0 Å². The maximum atomic E-state index is 11.6. The first kappa shape index (κ1) is 15.3. The van der Waals surface area contributed by atoms with Crippen LogP contribution in [0, 0.1) is 13.8 Å². The topological polar surface area (TPSA) is 40.5 Å². The molecule has 2 unspecified atom stereocenters. The maximum Gasteiger partial charge on any atom is 0.320 e. The summed E-state index contributed by atoms with van der Waals surface area (Å²) in [4.78, 5) is 15.1. The first-order valence-electron chi connectivity index (χ1n) is 7.67. The van der Waals surface area contributed by atoms with E-state index in [1.54, 1.807) is 11.3 Å². The number of carbonyl (C=O) groups is 1. The normalized spacial score (nSPS) is 20.2. The van der Waals surface area contributed by atoms with Gasteiger partial charge < -0.3 is 5.11 Å². The predicted molar refractivity (Wildman–Crippen MR) is 89.4 cm³/mol. The number of thiophene rings is 1. The van der Waals surface area contributed by atoms with Crippen LogP contribution >= 0.6 is 11.3 Å². The molecule has 1 aliphatic rings. The van der Waals surface area contributed by atoms with Gasteiger partial charge in [-0.2, -0.15) is 0 Å². The van der Waals surface area contributed by atoms with Crippen molar-refractivity contribution in [3.05, 3.63) is 57.3 Å². The molecule has 0 radical (unpaired) electrons. The summed E-state index contributed by atoms with van der Waals surface area (Å²) in [5.41, 5.74) is 3.65. The number of hydrogen-bond acceptors (Lipinski definition) is 3. The molecule has 0 saturated carbocycles. The van der Waals surface area contributed by atoms with Gasteiger partial charge in [-0.05, 0) is 49.3 Å². The molecule has 4 heteroatoms. The molecule has 3 nitrogen and oxygen atoms in total. The van der Waals surface area contributed by atoms with Crippen molar-refractivity contribution >= 4 is 17.3 Å². The fourth-order valence-corrected chi connectivity index (χ4v) is 4.43. The van der Waals surface area contributed by atoms with Gasteiger partial charge in [0.1, 0.15) is 6.04 Å². The highest BCUT2D eigenvalue weighted by atomic mass is 32.1. The smallest absolute Gasteiger partial charge is 0.320 e. The second kappa shape index (κ2) is 6.23. The molecule has 0 amide bonds. The third kappa shape index (κ3) is 2.81. The summed E-state index contributed by atoms with van der Waals surface area (Å²) in [5, 5.41) is 11.7. The number of aryl methyl sites for hydroxylation is 2. The lowest BCUT2D eigenvalue weighted by molar-refractivity contribution is -0.142. The van der Waals surface area contributed by atoms with E-state index in [-0.39, 0.29) is 12.1 Å². The number of rotatable bonds is 4. The van der Waals surface area contributed by atoms with Crippen LogP contribution in [0.4, 0.5) is 0 Å². The van der Waals surface area contributed by atoms with Crippen LogP contribution < -0.4 is 0 Å². The number of aliphatic carboxylic acids is 1. The van der Waals surface area contributed by atoms with Crippen molar-refractivity contribution in [2.75, 3.05) is 6.54 Å². The lowest BCUT2D eigenvalue weighted by Crippen LogP contribution is -2.39. The fraction of sp³-hybridized carbons (Fsp3) is 0.389. The minimum atomic E-state index is -0.704.